The first-order valence-electron chi connectivity index (χ1n) is 8.68. The third-order valence-electron chi connectivity index (χ3n) is 4.94. The van der Waals surface area contributed by atoms with Crippen LogP contribution in [0.15, 0.2) is 48.5 Å². The molecule has 7 heteroatoms. The summed E-state index contributed by atoms with van der Waals surface area (Å²) in [5, 5.41) is 9.73. The van der Waals surface area contributed by atoms with E-state index in [0.717, 1.165) is 5.56 Å². The smallest absolute Gasteiger partial charge is 0.331 e. The zero-order valence-corrected chi connectivity index (χ0v) is 14.5. The van der Waals surface area contributed by atoms with Gasteiger partial charge in [-0.1, -0.05) is 36.4 Å². The Morgan fingerprint density at radius 3 is 2.67 bits per heavy atom. The molecular formula is C20H18N2O5. The number of aliphatic carboxylic acids is 1. The average molecular weight is 366 g/mol. The zero-order chi connectivity index (χ0) is 19.0. The maximum Gasteiger partial charge on any atom is 0.331 e. The molecule has 2 aromatic carbocycles. The molecule has 0 fully saturated rings. The number of fused-ring (bicyclic) bond motifs is 2. The van der Waals surface area contributed by atoms with E-state index in [9.17, 15) is 19.5 Å². The summed E-state index contributed by atoms with van der Waals surface area (Å²) in [5.41, 5.74) is 2.08. The van der Waals surface area contributed by atoms with Gasteiger partial charge in [-0.15, -0.1) is 0 Å². The minimum absolute atomic E-state index is 0.143. The molecule has 0 bridgehead atoms. The minimum Gasteiger partial charge on any atom is -0.482 e. The molecule has 0 aromatic heterocycles. The van der Waals surface area contributed by atoms with Gasteiger partial charge in [0.25, 0.3) is 5.91 Å². The van der Waals surface area contributed by atoms with Crippen molar-refractivity contribution in [2.75, 3.05) is 24.6 Å². The van der Waals surface area contributed by atoms with Gasteiger partial charge in [-0.05, 0) is 29.7 Å². The van der Waals surface area contributed by atoms with Crippen LogP contribution >= 0.6 is 0 Å². The second-order valence-electron chi connectivity index (χ2n) is 6.51. The van der Waals surface area contributed by atoms with Crippen LogP contribution in [-0.4, -0.2) is 47.5 Å². The summed E-state index contributed by atoms with van der Waals surface area (Å²) in [7, 11) is 0. The monoisotopic (exact) mass is 366 g/mol. The van der Waals surface area contributed by atoms with Crippen molar-refractivity contribution in [3.05, 3.63) is 59.7 Å². The van der Waals surface area contributed by atoms with E-state index in [1.165, 1.54) is 9.80 Å². The number of carbonyl (C=O) groups is 3. The lowest BCUT2D eigenvalue weighted by Gasteiger charge is -2.37. The molecule has 0 radical (unpaired) electrons. The van der Waals surface area contributed by atoms with E-state index in [0.29, 0.717) is 30.0 Å². The molecule has 1 N–H and O–H groups in total. The standard InChI is InChI=1S/C20H18N2O5/c23-17(11-22-15-7-3-4-8-16(15)27-12-18(22)24)21-10-9-13-5-1-2-6-14(13)19(21)20(25)26/h1-8,19H,9-12H2,(H,25,26). The minimum atomic E-state index is -1.08. The Morgan fingerprint density at radius 2 is 1.85 bits per heavy atom. The van der Waals surface area contributed by atoms with Crippen molar-refractivity contribution in [2.24, 2.45) is 0 Å². The lowest BCUT2D eigenvalue weighted by molar-refractivity contribution is -0.150. The predicted molar refractivity (Wildman–Crippen MR) is 96.5 cm³/mol. The van der Waals surface area contributed by atoms with Crippen molar-refractivity contribution >= 4 is 23.5 Å². The summed E-state index contributed by atoms with van der Waals surface area (Å²) in [6.07, 6.45) is 0.583. The number of rotatable bonds is 3. The highest BCUT2D eigenvalue weighted by molar-refractivity contribution is 6.02. The van der Waals surface area contributed by atoms with Crippen LogP contribution < -0.4 is 9.64 Å². The maximum absolute atomic E-state index is 13.0. The fraction of sp³-hybridized carbons (Fsp3) is 0.250. The number of carbonyl (C=O) groups excluding carboxylic acids is 2. The molecule has 0 spiro atoms. The molecular weight excluding hydrogens is 348 g/mol. The quantitative estimate of drug-likeness (QED) is 0.892. The van der Waals surface area contributed by atoms with E-state index in [1.54, 1.807) is 36.4 Å². The number of amides is 2. The van der Waals surface area contributed by atoms with Gasteiger partial charge in [0.1, 0.15) is 12.3 Å². The van der Waals surface area contributed by atoms with Crippen LogP contribution in [-0.2, 0) is 20.8 Å². The van der Waals surface area contributed by atoms with Gasteiger partial charge in [-0.25, -0.2) is 4.79 Å². The van der Waals surface area contributed by atoms with Gasteiger partial charge in [0.05, 0.1) is 5.69 Å². The highest BCUT2D eigenvalue weighted by atomic mass is 16.5. The molecule has 2 heterocycles. The van der Waals surface area contributed by atoms with Crippen LogP contribution in [0.5, 0.6) is 5.75 Å². The van der Waals surface area contributed by atoms with Crippen molar-refractivity contribution in [2.45, 2.75) is 12.5 Å². The Morgan fingerprint density at radius 1 is 1.11 bits per heavy atom. The van der Waals surface area contributed by atoms with Gasteiger partial charge in [0, 0.05) is 6.54 Å². The van der Waals surface area contributed by atoms with Crippen LogP contribution in [0.1, 0.15) is 17.2 Å². The SMILES string of the molecule is O=C(O)C1c2ccccc2CCN1C(=O)CN1C(=O)COc2ccccc21. The summed E-state index contributed by atoms with van der Waals surface area (Å²) >= 11 is 0. The van der Waals surface area contributed by atoms with Gasteiger partial charge in [-0.3, -0.25) is 14.5 Å². The first kappa shape index (κ1) is 17.1. The van der Waals surface area contributed by atoms with Gasteiger partial charge in [0.2, 0.25) is 5.91 Å². The number of carboxylic acid groups (broad SMARTS) is 1. The van der Waals surface area contributed by atoms with E-state index in [4.69, 9.17) is 4.74 Å². The number of para-hydroxylation sites is 2. The number of hydrogen-bond acceptors (Lipinski definition) is 4. The van der Waals surface area contributed by atoms with Crippen LogP contribution in [0.25, 0.3) is 0 Å². The van der Waals surface area contributed by atoms with Crippen molar-refractivity contribution in [3.8, 4) is 5.75 Å². The van der Waals surface area contributed by atoms with Gasteiger partial charge >= 0.3 is 5.97 Å². The third-order valence-corrected chi connectivity index (χ3v) is 4.94. The maximum atomic E-state index is 13.0. The molecule has 27 heavy (non-hydrogen) atoms. The van der Waals surface area contributed by atoms with Crippen molar-refractivity contribution < 1.29 is 24.2 Å². The number of nitrogens with zero attached hydrogens (tertiary/aromatic N) is 2. The number of anilines is 1. The molecule has 2 aliphatic heterocycles. The molecule has 2 aliphatic rings. The number of hydrogen-bond donors (Lipinski definition) is 1. The first-order valence-corrected chi connectivity index (χ1v) is 8.68. The third kappa shape index (κ3) is 3.01. The largest absolute Gasteiger partial charge is 0.482 e. The predicted octanol–water partition coefficient (Wildman–Crippen LogP) is 1.62. The summed E-state index contributed by atoms with van der Waals surface area (Å²) in [6, 6.07) is 13.2. The molecule has 1 atom stereocenters. The van der Waals surface area contributed by atoms with Gasteiger partial charge in [0.15, 0.2) is 12.6 Å². The van der Waals surface area contributed by atoms with Crippen molar-refractivity contribution in [3.63, 3.8) is 0 Å². The Hall–Kier alpha value is -3.35. The number of ether oxygens (including phenoxy) is 1. The van der Waals surface area contributed by atoms with Gasteiger partial charge < -0.3 is 14.7 Å². The summed E-state index contributed by atoms with van der Waals surface area (Å²) in [4.78, 5) is 39.9. The molecule has 2 amide bonds. The first-order chi connectivity index (χ1) is 13.1. The average Bonchev–Trinajstić information content (AvgIpc) is 2.69. The highest BCUT2D eigenvalue weighted by Gasteiger charge is 2.37. The lowest BCUT2D eigenvalue weighted by Crippen LogP contribution is -2.50. The van der Waals surface area contributed by atoms with Crippen molar-refractivity contribution in [1.29, 1.82) is 0 Å². The molecule has 7 nitrogen and oxygen atoms in total. The zero-order valence-electron chi connectivity index (χ0n) is 14.5. The van der Waals surface area contributed by atoms with E-state index in [-0.39, 0.29) is 19.1 Å². The normalized spacial score (nSPS) is 18.4. The topological polar surface area (TPSA) is 87.2 Å². The van der Waals surface area contributed by atoms with Crippen molar-refractivity contribution in [1.82, 2.24) is 4.90 Å². The highest BCUT2D eigenvalue weighted by Crippen LogP contribution is 2.33. The molecule has 4 rings (SSSR count). The molecule has 0 saturated carbocycles. The molecule has 138 valence electrons. The van der Waals surface area contributed by atoms with E-state index in [1.807, 2.05) is 12.1 Å². The Labute approximate surface area is 155 Å². The van der Waals surface area contributed by atoms with Crippen LogP contribution in [0.3, 0.4) is 0 Å². The summed E-state index contributed by atoms with van der Waals surface area (Å²) in [5.74, 6) is -1.28. The van der Waals surface area contributed by atoms with Gasteiger partial charge in [-0.2, -0.15) is 0 Å². The molecule has 0 saturated heterocycles. The molecule has 2 aromatic rings. The fourth-order valence-corrected chi connectivity index (χ4v) is 3.65. The Kier molecular flexibility index (Phi) is 4.27. The second kappa shape index (κ2) is 6.75. The van der Waals surface area contributed by atoms with Crippen LogP contribution in [0, 0.1) is 0 Å². The molecule has 1 unspecified atom stereocenters. The van der Waals surface area contributed by atoms with Crippen LogP contribution in [0.4, 0.5) is 5.69 Å². The number of benzene rings is 2. The van der Waals surface area contributed by atoms with E-state index in [2.05, 4.69) is 0 Å². The Balaban J connectivity index is 1.62. The molecule has 0 aliphatic carbocycles. The lowest BCUT2D eigenvalue weighted by atomic mass is 9.92. The second-order valence-corrected chi connectivity index (χ2v) is 6.51. The summed E-state index contributed by atoms with van der Waals surface area (Å²) in [6.45, 7) is -0.0619. The van der Waals surface area contributed by atoms with Crippen LogP contribution in [0.2, 0.25) is 0 Å². The Bertz CT molecular complexity index is 926. The van der Waals surface area contributed by atoms with E-state index < -0.39 is 17.9 Å². The van der Waals surface area contributed by atoms with E-state index >= 15 is 0 Å². The number of carboxylic acids is 1. The fourth-order valence-electron chi connectivity index (χ4n) is 3.65. The summed E-state index contributed by atoms with van der Waals surface area (Å²) < 4.78 is 5.39.